The molecule has 1 fully saturated rings. The first-order valence-corrected chi connectivity index (χ1v) is 12.9. The Morgan fingerprint density at radius 1 is 1.08 bits per heavy atom. The Morgan fingerprint density at radius 3 is 2.56 bits per heavy atom. The number of benzene rings is 3. The summed E-state index contributed by atoms with van der Waals surface area (Å²) in [5.41, 5.74) is 2.39. The monoisotopic (exact) mass is 531 g/mol. The van der Waals surface area contributed by atoms with Crippen LogP contribution in [-0.2, 0) is 4.79 Å². The molecule has 3 aromatic carbocycles. The maximum absolute atomic E-state index is 14.1. The van der Waals surface area contributed by atoms with Gasteiger partial charge in [0.1, 0.15) is 17.4 Å². The fraction of sp³-hybridized carbons (Fsp3) is 0.333. The zero-order chi connectivity index (χ0) is 27.9. The number of ether oxygens (including phenoxy) is 4. The Balaban J connectivity index is 1.67. The van der Waals surface area contributed by atoms with Crippen LogP contribution in [0.25, 0.3) is 0 Å². The lowest BCUT2D eigenvalue weighted by molar-refractivity contribution is -0.131. The molecule has 0 radical (unpaired) electrons. The van der Waals surface area contributed by atoms with E-state index in [1.807, 2.05) is 57.2 Å². The topological polar surface area (TPSA) is 98.4 Å². The number of rotatable bonds is 7. The van der Waals surface area contributed by atoms with Gasteiger partial charge in [-0.25, -0.2) is 4.79 Å². The average Bonchev–Trinajstić information content (AvgIpc) is 2.90. The van der Waals surface area contributed by atoms with Gasteiger partial charge in [-0.15, -0.1) is 0 Å². The summed E-state index contributed by atoms with van der Waals surface area (Å²) < 4.78 is 23.6. The Kier molecular flexibility index (Phi) is 6.76. The summed E-state index contributed by atoms with van der Waals surface area (Å²) in [6, 6.07) is 15.4. The smallest absolute Gasteiger partial charge is 0.325 e. The number of aryl methyl sites for hydroxylation is 2. The van der Waals surface area contributed by atoms with E-state index in [-0.39, 0.29) is 5.91 Å². The molecule has 2 bridgehead atoms. The molecule has 3 atom stereocenters. The van der Waals surface area contributed by atoms with Gasteiger partial charge in [0, 0.05) is 17.3 Å². The van der Waals surface area contributed by atoms with Crippen LogP contribution in [0.3, 0.4) is 0 Å². The quantitative estimate of drug-likeness (QED) is 0.426. The van der Waals surface area contributed by atoms with Crippen molar-refractivity contribution in [1.82, 2.24) is 5.32 Å². The molecule has 5 rings (SSSR count). The van der Waals surface area contributed by atoms with Crippen molar-refractivity contribution < 1.29 is 28.5 Å². The van der Waals surface area contributed by atoms with Gasteiger partial charge >= 0.3 is 6.03 Å². The van der Waals surface area contributed by atoms with Crippen molar-refractivity contribution in [3.8, 4) is 23.0 Å². The summed E-state index contributed by atoms with van der Waals surface area (Å²) in [6.07, 6.45) is 0. The van der Waals surface area contributed by atoms with Gasteiger partial charge in [0.05, 0.1) is 32.6 Å². The van der Waals surface area contributed by atoms with Crippen molar-refractivity contribution in [2.45, 2.75) is 39.5 Å². The molecular weight excluding hydrogens is 498 g/mol. The highest BCUT2D eigenvalue weighted by atomic mass is 16.6. The van der Waals surface area contributed by atoms with Crippen molar-refractivity contribution in [2.75, 3.05) is 31.0 Å². The van der Waals surface area contributed by atoms with Gasteiger partial charge in [-0.3, -0.25) is 9.69 Å². The predicted octanol–water partition coefficient (Wildman–Crippen LogP) is 5.35. The molecular formula is C30H33N3O6. The van der Waals surface area contributed by atoms with Crippen LogP contribution in [0.2, 0.25) is 0 Å². The zero-order valence-corrected chi connectivity index (χ0v) is 23.0. The van der Waals surface area contributed by atoms with Gasteiger partial charge < -0.3 is 29.6 Å². The van der Waals surface area contributed by atoms with Crippen molar-refractivity contribution >= 4 is 23.3 Å². The lowest BCUT2D eigenvalue weighted by atomic mass is 9.78. The van der Waals surface area contributed by atoms with Gasteiger partial charge in [0.25, 0.3) is 0 Å². The minimum atomic E-state index is -1.45. The zero-order valence-electron chi connectivity index (χ0n) is 23.0. The van der Waals surface area contributed by atoms with Crippen LogP contribution < -0.4 is 34.5 Å². The van der Waals surface area contributed by atoms with Crippen LogP contribution in [-0.4, -0.2) is 38.5 Å². The van der Waals surface area contributed by atoms with Gasteiger partial charge in [-0.05, 0) is 57.5 Å². The molecule has 0 aliphatic carbocycles. The molecule has 0 unspecified atom stereocenters. The highest BCUT2D eigenvalue weighted by Gasteiger charge is 2.61. The number of carbonyl (C=O) groups is 2. The molecule has 3 aromatic rings. The van der Waals surface area contributed by atoms with E-state index in [9.17, 15) is 9.59 Å². The summed E-state index contributed by atoms with van der Waals surface area (Å²) in [4.78, 5) is 29.3. The van der Waals surface area contributed by atoms with E-state index in [1.165, 1.54) is 12.0 Å². The maximum Gasteiger partial charge on any atom is 0.325 e. The molecule has 0 aromatic heterocycles. The first-order chi connectivity index (χ1) is 18.7. The first kappa shape index (κ1) is 26.2. The molecule has 0 spiro atoms. The molecule has 39 heavy (non-hydrogen) atoms. The second-order valence-corrected chi connectivity index (χ2v) is 9.85. The molecule has 3 amide bonds. The highest BCUT2D eigenvalue weighted by molar-refractivity contribution is 6.02. The van der Waals surface area contributed by atoms with Crippen molar-refractivity contribution in [2.24, 2.45) is 5.92 Å². The number of para-hydroxylation sites is 1. The third-order valence-electron chi connectivity index (χ3n) is 7.34. The van der Waals surface area contributed by atoms with Gasteiger partial charge in [0.2, 0.25) is 11.6 Å². The normalized spacial score (nSPS) is 21.3. The number of methoxy groups -OCH3 is 2. The number of hydrogen-bond acceptors (Lipinski definition) is 6. The summed E-state index contributed by atoms with van der Waals surface area (Å²) in [5.74, 6) is 0.850. The molecule has 9 nitrogen and oxygen atoms in total. The highest BCUT2D eigenvalue weighted by Crippen LogP contribution is 2.53. The lowest BCUT2D eigenvalue weighted by Gasteiger charge is -2.54. The second-order valence-electron chi connectivity index (χ2n) is 9.85. The maximum atomic E-state index is 14.1. The SMILES string of the molecule is CCOc1cccc2c1O[C@@]1(C)[C@H](C(=O)Nc3ccc(C)cc3C)[C@H]2NC(=O)N1c1ccc(OC)cc1OC. The van der Waals surface area contributed by atoms with E-state index >= 15 is 0 Å². The van der Waals surface area contributed by atoms with E-state index in [0.717, 1.165) is 11.1 Å². The fourth-order valence-corrected chi connectivity index (χ4v) is 5.54. The number of nitrogens with zero attached hydrogens (tertiary/aromatic N) is 1. The second kappa shape index (κ2) is 10.1. The minimum Gasteiger partial charge on any atom is -0.497 e. The van der Waals surface area contributed by atoms with Gasteiger partial charge in [-0.2, -0.15) is 0 Å². The van der Waals surface area contributed by atoms with Crippen molar-refractivity contribution in [3.63, 3.8) is 0 Å². The van der Waals surface area contributed by atoms with Crippen LogP contribution >= 0.6 is 0 Å². The number of urea groups is 1. The average molecular weight is 532 g/mol. The molecule has 2 heterocycles. The van der Waals surface area contributed by atoms with Crippen LogP contribution in [0.5, 0.6) is 23.0 Å². The van der Waals surface area contributed by atoms with E-state index in [0.29, 0.717) is 46.5 Å². The minimum absolute atomic E-state index is 0.292. The lowest BCUT2D eigenvalue weighted by Crippen LogP contribution is -2.72. The fourth-order valence-electron chi connectivity index (χ4n) is 5.54. The van der Waals surface area contributed by atoms with E-state index in [1.54, 1.807) is 32.2 Å². The number of hydrogen-bond donors (Lipinski definition) is 2. The summed E-state index contributed by atoms with van der Waals surface area (Å²) in [5, 5.41) is 6.16. The number of amides is 3. The molecule has 9 heteroatoms. The molecule has 2 N–H and O–H groups in total. The Bertz CT molecular complexity index is 1440. The predicted molar refractivity (Wildman–Crippen MR) is 148 cm³/mol. The van der Waals surface area contributed by atoms with Crippen LogP contribution in [0.4, 0.5) is 16.2 Å². The molecule has 1 saturated heterocycles. The third kappa shape index (κ3) is 4.37. The third-order valence-corrected chi connectivity index (χ3v) is 7.34. The van der Waals surface area contributed by atoms with E-state index in [4.69, 9.17) is 18.9 Å². The molecule has 2 aliphatic rings. The molecule has 0 saturated carbocycles. The number of fused-ring (bicyclic) bond motifs is 4. The van der Waals surface area contributed by atoms with E-state index in [2.05, 4.69) is 10.6 Å². The Labute approximate surface area is 228 Å². The van der Waals surface area contributed by atoms with Gasteiger partial charge in [-0.1, -0.05) is 29.8 Å². The largest absolute Gasteiger partial charge is 0.497 e. The van der Waals surface area contributed by atoms with Crippen molar-refractivity contribution in [3.05, 3.63) is 71.3 Å². The standard InChI is InChI=1S/C30H33N3O6/c1-7-38-23-10-8-9-20-26-25(28(34)31-21-13-11-17(2)15-18(21)3)30(4,39-27(20)23)33(29(35)32-26)22-14-12-19(36-5)16-24(22)37-6/h8-16,25-26H,7H2,1-6H3,(H,31,34)(H,32,35)/t25-,26-,30-/m0/s1. The number of anilines is 2. The van der Waals surface area contributed by atoms with Crippen LogP contribution in [0.1, 0.15) is 36.6 Å². The molecule has 2 aliphatic heterocycles. The Morgan fingerprint density at radius 2 is 1.87 bits per heavy atom. The summed E-state index contributed by atoms with van der Waals surface area (Å²) in [6.45, 7) is 8.02. The number of nitrogens with one attached hydrogen (secondary N) is 2. The van der Waals surface area contributed by atoms with Crippen molar-refractivity contribution in [1.29, 1.82) is 0 Å². The van der Waals surface area contributed by atoms with Crippen LogP contribution in [0, 0.1) is 19.8 Å². The van der Waals surface area contributed by atoms with E-state index < -0.39 is 23.7 Å². The summed E-state index contributed by atoms with van der Waals surface area (Å²) >= 11 is 0. The molecule has 204 valence electrons. The van der Waals surface area contributed by atoms with Crippen LogP contribution in [0.15, 0.2) is 54.6 Å². The van der Waals surface area contributed by atoms with Gasteiger partial charge in [0.15, 0.2) is 11.5 Å². The summed E-state index contributed by atoms with van der Waals surface area (Å²) in [7, 11) is 3.07. The number of carbonyl (C=O) groups excluding carboxylic acids is 2. The first-order valence-electron chi connectivity index (χ1n) is 12.9. The Hall–Kier alpha value is -4.40.